The fourth-order valence-corrected chi connectivity index (χ4v) is 2.43. The summed E-state index contributed by atoms with van der Waals surface area (Å²) < 4.78 is 5.45. The van der Waals surface area contributed by atoms with E-state index in [1.165, 1.54) is 5.56 Å². The van der Waals surface area contributed by atoms with Crippen LogP contribution in [0.3, 0.4) is 0 Å². The highest BCUT2D eigenvalue weighted by molar-refractivity contribution is 6.32. The van der Waals surface area contributed by atoms with Gasteiger partial charge in [-0.25, -0.2) is 0 Å². The van der Waals surface area contributed by atoms with E-state index in [0.717, 1.165) is 17.7 Å². The van der Waals surface area contributed by atoms with Gasteiger partial charge in [0.05, 0.1) is 11.6 Å². The number of halogens is 1. The minimum atomic E-state index is 0.229. The lowest BCUT2D eigenvalue weighted by molar-refractivity contribution is 0.340. The Hall–Kier alpha value is -1.58. The summed E-state index contributed by atoms with van der Waals surface area (Å²) in [7, 11) is 0. The van der Waals surface area contributed by atoms with Crippen LogP contribution in [0.4, 0.5) is 0 Å². The molecule has 1 aromatic heterocycles. The Balaban J connectivity index is 2.17. The minimum Gasteiger partial charge on any atom is -0.492 e. The van der Waals surface area contributed by atoms with Gasteiger partial charge in [0.15, 0.2) is 0 Å². The molecular formula is C16H19ClN2O. The molecule has 0 amide bonds. The molecule has 0 aliphatic heterocycles. The van der Waals surface area contributed by atoms with Crippen molar-refractivity contribution in [2.45, 2.75) is 19.3 Å². The van der Waals surface area contributed by atoms with Gasteiger partial charge in [0.25, 0.3) is 0 Å². The fourth-order valence-electron chi connectivity index (χ4n) is 2.18. The Morgan fingerprint density at radius 2 is 2.20 bits per heavy atom. The van der Waals surface area contributed by atoms with Crippen molar-refractivity contribution < 1.29 is 4.74 Å². The van der Waals surface area contributed by atoms with Crippen LogP contribution in [0.5, 0.6) is 5.75 Å². The maximum absolute atomic E-state index is 6.23. The van der Waals surface area contributed by atoms with Gasteiger partial charge in [-0.2, -0.15) is 0 Å². The summed E-state index contributed by atoms with van der Waals surface area (Å²) in [5, 5.41) is 0.633. The highest BCUT2D eigenvalue weighted by Gasteiger charge is 2.13. The van der Waals surface area contributed by atoms with Crippen molar-refractivity contribution in [1.29, 1.82) is 0 Å². The topological polar surface area (TPSA) is 48.1 Å². The lowest BCUT2D eigenvalue weighted by Crippen LogP contribution is -2.15. The van der Waals surface area contributed by atoms with Gasteiger partial charge in [-0.15, -0.1) is 0 Å². The van der Waals surface area contributed by atoms with E-state index >= 15 is 0 Å². The number of nitrogens with zero attached hydrogens (tertiary/aromatic N) is 1. The van der Waals surface area contributed by atoms with Crippen molar-refractivity contribution in [2.24, 2.45) is 5.73 Å². The second-order valence-electron chi connectivity index (χ2n) is 4.62. The van der Waals surface area contributed by atoms with Crippen LogP contribution >= 0.6 is 11.6 Å². The predicted octanol–water partition coefficient (Wildman–Crippen LogP) is 3.42. The van der Waals surface area contributed by atoms with Gasteiger partial charge in [0, 0.05) is 18.3 Å². The molecule has 0 spiro atoms. The largest absolute Gasteiger partial charge is 0.492 e. The number of benzene rings is 1. The molecule has 2 aromatic rings. The van der Waals surface area contributed by atoms with E-state index in [2.05, 4.69) is 11.1 Å². The van der Waals surface area contributed by atoms with Crippen molar-refractivity contribution in [3.05, 3.63) is 58.9 Å². The molecule has 2 rings (SSSR count). The molecule has 1 heterocycles. The number of hydrogen-bond acceptors (Lipinski definition) is 3. The first-order valence-electron chi connectivity index (χ1n) is 6.75. The van der Waals surface area contributed by atoms with Gasteiger partial charge in [0.1, 0.15) is 5.75 Å². The van der Waals surface area contributed by atoms with Gasteiger partial charge in [-0.3, -0.25) is 4.98 Å². The maximum Gasteiger partial charge on any atom is 0.137 e. The van der Waals surface area contributed by atoms with Crippen molar-refractivity contribution in [1.82, 2.24) is 4.98 Å². The smallest absolute Gasteiger partial charge is 0.137 e. The third kappa shape index (κ3) is 3.71. The molecule has 1 unspecified atom stereocenters. The van der Waals surface area contributed by atoms with Crippen molar-refractivity contribution in [3.63, 3.8) is 0 Å². The van der Waals surface area contributed by atoms with Crippen LogP contribution in [0.2, 0.25) is 5.02 Å². The number of hydrogen-bond donors (Lipinski definition) is 1. The Labute approximate surface area is 124 Å². The average molecular weight is 291 g/mol. The first-order chi connectivity index (χ1) is 9.74. The van der Waals surface area contributed by atoms with Crippen LogP contribution in [-0.2, 0) is 6.42 Å². The van der Waals surface area contributed by atoms with Crippen molar-refractivity contribution in [3.8, 4) is 5.75 Å². The summed E-state index contributed by atoms with van der Waals surface area (Å²) in [6.07, 6.45) is 4.50. The van der Waals surface area contributed by atoms with E-state index in [9.17, 15) is 0 Å². The zero-order valence-electron chi connectivity index (χ0n) is 11.6. The fraction of sp³-hybridized carbons (Fsp3) is 0.312. The number of ether oxygens (including phenoxy) is 1. The zero-order chi connectivity index (χ0) is 14.4. The van der Waals surface area contributed by atoms with Crippen LogP contribution in [0.25, 0.3) is 0 Å². The number of rotatable bonds is 6. The average Bonchev–Trinajstić information content (AvgIpc) is 2.48. The van der Waals surface area contributed by atoms with Crippen molar-refractivity contribution >= 4 is 11.6 Å². The van der Waals surface area contributed by atoms with Crippen LogP contribution in [0, 0.1) is 0 Å². The molecule has 20 heavy (non-hydrogen) atoms. The lowest BCUT2D eigenvalue weighted by atomic mass is 9.92. The molecule has 1 atom stereocenters. The number of pyridine rings is 1. The molecule has 0 aliphatic carbocycles. The monoisotopic (exact) mass is 290 g/mol. The maximum atomic E-state index is 6.23. The van der Waals surface area contributed by atoms with E-state index in [1.54, 1.807) is 6.20 Å². The van der Waals surface area contributed by atoms with Crippen molar-refractivity contribution in [2.75, 3.05) is 13.2 Å². The second kappa shape index (κ2) is 7.27. The molecule has 0 saturated carbocycles. The first-order valence-corrected chi connectivity index (χ1v) is 7.13. The van der Waals surface area contributed by atoms with Crippen LogP contribution in [0.1, 0.15) is 24.0 Å². The molecule has 3 nitrogen and oxygen atoms in total. The third-order valence-electron chi connectivity index (χ3n) is 3.22. The standard InChI is InChI=1S/C16H19ClN2O/c1-2-20-16-6-5-13(9-15(16)17)14(10-18)8-12-4-3-7-19-11-12/h3-7,9,11,14H,2,8,10,18H2,1H3. The molecule has 1 aromatic carbocycles. The molecule has 0 saturated heterocycles. The van der Waals surface area contributed by atoms with Gasteiger partial charge in [-0.1, -0.05) is 23.7 Å². The normalized spacial score (nSPS) is 12.2. The zero-order valence-corrected chi connectivity index (χ0v) is 12.3. The SMILES string of the molecule is CCOc1ccc(C(CN)Cc2cccnc2)cc1Cl. The van der Waals surface area contributed by atoms with Gasteiger partial charge >= 0.3 is 0 Å². The summed E-state index contributed by atoms with van der Waals surface area (Å²) >= 11 is 6.23. The Morgan fingerprint density at radius 1 is 1.35 bits per heavy atom. The van der Waals surface area contributed by atoms with E-state index in [0.29, 0.717) is 18.2 Å². The highest BCUT2D eigenvalue weighted by atomic mass is 35.5. The number of aromatic nitrogens is 1. The summed E-state index contributed by atoms with van der Waals surface area (Å²) in [6.45, 7) is 3.11. The molecule has 106 valence electrons. The summed E-state index contributed by atoms with van der Waals surface area (Å²) in [4.78, 5) is 4.13. The van der Waals surface area contributed by atoms with Gasteiger partial charge in [-0.05, 0) is 49.2 Å². The van der Waals surface area contributed by atoms with E-state index in [4.69, 9.17) is 22.1 Å². The molecule has 0 fully saturated rings. The molecule has 0 bridgehead atoms. The third-order valence-corrected chi connectivity index (χ3v) is 3.51. The Bertz CT molecular complexity index is 545. The number of nitrogens with two attached hydrogens (primary N) is 1. The molecule has 2 N–H and O–H groups in total. The lowest BCUT2D eigenvalue weighted by Gasteiger charge is -2.16. The van der Waals surface area contributed by atoms with Crippen LogP contribution < -0.4 is 10.5 Å². The summed E-state index contributed by atoms with van der Waals surface area (Å²) in [6, 6.07) is 9.89. The molecule has 4 heteroatoms. The summed E-state index contributed by atoms with van der Waals surface area (Å²) in [5.74, 6) is 0.947. The first kappa shape index (κ1) is 14.8. The predicted molar refractivity (Wildman–Crippen MR) is 82.4 cm³/mol. The van der Waals surface area contributed by atoms with E-state index < -0.39 is 0 Å². The van der Waals surface area contributed by atoms with Gasteiger partial charge < -0.3 is 10.5 Å². The minimum absolute atomic E-state index is 0.229. The van der Waals surface area contributed by atoms with Gasteiger partial charge in [0.2, 0.25) is 0 Å². The summed E-state index contributed by atoms with van der Waals surface area (Å²) in [5.41, 5.74) is 8.21. The Kier molecular flexibility index (Phi) is 5.39. The van der Waals surface area contributed by atoms with E-state index in [-0.39, 0.29) is 5.92 Å². The second-order valence-corrected chi connectivity index (χ2v) is 5.03. The Morgan fingerprint density at radius 3 is 2.80 bits per heavy atom. The molecular weight excluding hydrogens is 272 g/mol. The highest BCUT2D eigenvalue weighted by Crippen LogP contribution is 2.29. The van der Waals surface area contributed by atoms with E-state index in [1.807, 2.05) is 37.4 Å². The molecule has 0 aliphatic rings. The van der Waals surface area contributed by atoms with Crippen LogP contribution in [0.15, 0.2) is 42.7 Å². The quantitative estimate of drug-likeness (QED) is 0.887. The van der Waals surface area contributed by atoms with Crippen LogP contribution in [-0.4, -0.2) is 18.1 Å². The molecule has 0 radical (unpaired) electrons.